The number of non-ortho nitro benzene ring substituents is 2. The Hall–Kier alpha value is -3.17. The first-order chi connectivity index (χ1) is 13.4. The fraction of sp³-hybridized carbons (Fsp3) is 0.0500. The van der Waals surface area contributed by atoms with Gasteiger partial charge < -0.3 is 17.0 Å². The molecule has 2 heterocycles. The van der Waals surface area contributed by atoms with Gasteiger partial charge in [-0.2, -0.15) is 4.40 Å². The molecule has 0 aliphatic rings. The highest BCUT2D eigenvalue weighted by Gasteiger charge is 2.20. The third-order valence-corrected chi connectivity index (χ3v) is 5.53. The van der Waals surface area contributed by atoms with Gasteiger partial charge in [0.05, 0.1) is 20.8 Å². The standard InChI is InChI=1S/C20H14N3O4S.BrH/c1-13-12-28-20-10-18(14-4-2-6-16(8-14)22(24)25)19(11-21(13)20)15-5-3-7-17(9-15)23(26)27;/h2-12H,1H3;1H/q+1;/p-1. The molecule has 0 aliphatic heterocycles. The Labute approximate surface area is 179 Å². The Morgan fingerprint density at radius 2 is 1.41 bits per heavy atom. The predicted molar refractivity (Wildman–Crippen MR) is 106 cm³/mol. The van der Waals surface area contributed by atoms with Crippen LogP contribution in [-0.4, -0.2) is 9.85 Å². The third kappa shape index (κ3) is 3.87. The van der Waals surface area contributed by atoms with E-state index in [4.69, 9.17) is 0 Å². The van der Waals surface area contributed by atoms with Gasteiger partial charge >= 0.3 is 0 Å². The molecule has 146 valence electrons. The van der Waals surface area contributed by atoms with Crippen LogP contribution in [0.1, 0.15) is 5.69 Å². The molecular formula is C20H14BrN3O4S. The van der Waals surface area contributed by atoms with Crippen LogP contribution in [0.2, 0.25) is 0 Å². The van der Waals surface area contributed by atoms with Crippen molar-refractivity contribution in [1.29, 1.82) is 0 Å². The van der Waals surface area contributed by atoms with Crippen LogP contribution in [-0.2, 0) is 0 Å². The summed E-state index contributed by atoms with van der Waals surface area (Å²) in [5.74, 6) is 0. The number of pyridine rings is 1. The van der Waals surface area contributed by atoms with Crippen LogP contribution in [0.25, 0.3) is 27.1 Å². The minimum atomic E-state index is -0.432. The molecule has 4 aromatic rings. The maximum atomic E-state index is 11.2. The number of hydrogen-bond donors (Lipinski definition) is 0. The van der Waals surface area contributed by atoms with E-state index in [1.54, 1.807) is 35.6 Å². The van der Waals surface area contributed by atoms with E-state index >= 15 is 0 Å². The van der Waals surface area contributed by atoms with Crippen molar-refractivity contribution in [3.05, 3.63) is 92.1 Å². The quantitative estimate of drug-likeness (QED) is 0.258. The first-order valence-electron chi connectivity index (χ1n) is 8.37. The van der Waals surface area contributed by atoms with Crippen molar-refractivity contribution >= 4 is 27.5 Å². The van der Waals surface area contributed by atoms with Crippen molar-refractivity contribution in [2.24, 2.45) is 0 Å². The van der Waals surface area contributed by atoms with Crippen molar-refractivity contribution < 1.29 is 31.2 Å². The van der Waals surface area contributed by atoms with Crippen LogP contribution in [0.15, 0.2) is 66.2 Å². The smallest absolute Gasteiger partial charge is 0.270 e. The van der Waals surface area contributed by atoms with E-state index in [2.05, 4.69) is 0 Å². The lowest BCUT2D eigenvalue weighted by molar-refractivity contribution is -0.514. The number of halogens is 1. The zero-order chi connectivity index (χ0) is 19.8. The summed E-state index contributed by atoms with van der Waals surface area (Å²) in [4.78, 5) is 22.5. The highest BCUT2D eigenvalue weighted by atomic mass is 79.9. The van der Waals surface area contributed by atoms with E-state index in [0.717, 1.165) is 21.7 Å². The summed E-state index contributed by atoms with van der Waals surface area (Å²) < 4.78 is 2.01. The number of nitro groups is 2. The van der Waals surface area contributed by atoms with Gasteiger partial charge in [-0.1, -0.05) is 35.6 Å². The molecule has 2 aromatic heterocycles. The second-order valence-corrected chi connectivity index (χ2v) is 7.19. The Morgan fingerprint density at radius 1 is 0.862 bits per heavy atom. The lowest BCUT2D eigenvalue weighted by Crippen LogP contribution is -3.00. The summed E-state index contributed by atoms with van der Waals surface area (Å²) in [5, 5.41) is 24.4. The second-order valence-electron chi connectivity index (χ2n) is 6.30. The number of hydrogen-bond acceptors (Lipinski definition) is 5. The van der Waals surface area contributed by atoms with Crippen LogP contribution in [0, 0.1) is 27.2 Å². The molecule has 0 N–H and O–H groups in total. The largest absolute Gasteiger partial charge is 1.00 e. The van der Waals surface area contributed by atoms with E-state index < -0.39 is 9.85 Å². The van der Waals surface area contributed by atoms with Gasteiger partial charge in [-0.25, -0.2) is 0 Å². The second kappa shape index (κ2) is 8.06. The summed E-state index contributed by atoms with van der Waals surface area (Å²) in [7, 11) is 0. The van der Waals surface area contributed by atoms with E-state index in [1.807, 2.05) is 29.0 Å². The van der Waals surface area contributed by atoms with Crippen molar-refractivity contribution in [2.75, 3.05) is 0 Å². The van der Waals surface area contributed by atoms with Crippen LogP contribution in [0.3, 0.4) is 0 Å². The molecule has 0 atom stereocenters. The number of nitro benzene ring substituents is 2. The SMILES string of the molecule is Cc1csc2cc(-c3cccc([N+](=O)[O-])c3)c(-c3cccc([N+](=O)[O-])c3)c[n+]12.[Br-]. The predicted octanol–water partition coefficient (Wildman–Crippen LogP) is 1.95. The van der Waals surface area contributed by atoms with Crippen molar-refractivity contribution in [3.8, 4) is 22.3 Å². The molecule has 0 radical (unpaired) electrons. The zero-order valence-corrected chi connectivity index (χ0v) is 17.5. The van der Waals surface area contributed by atoms with Gasteiger partial charge in [-0.3, -0.25) is 20.2 Å². The number of rotatable bonds is 4. The van der Waals surface area contributed by atoms with Crippen molar-refractivity contribution in [3.63, 3.8) is 0 Å². The average molecular weight is 472 g/mol. The molecule has 0 saturated carbocycles. The van der Waals surface area contributed by atoms with Crippen molar-refractivity contribution in [2.45, 2.75) is 6.92 Å². The minimum absolute atomic E-state index is 0. The van der Waals surface area contributed by atoms with Crippen LogP contribution in [0.4, 0.5) is 11.4 Å². The molecule has 0 saturated heterocycles. The number of fused-ring (bicyclic) bond motifs is 1. The summed E-state index contributed by atoms with van der Waals surface area (Å²) >= 11 is 1.57. The molecule has 9 heteroatoms. The van der Waals surface area contributed by atoms with E-state index in [1.165, 1.54) is 24.3 Å². The number of thiazole rings is 1. The number of nitrogens with zero attached hydrogens (tertiary/aromatic N) is 3. The molecule has 0 spiro atoms. The maximum Gasteiger partial charge on any atom is 0.270 e. The molecule has 0 amide bonds. The lowest BCUT2D eigenvalue weighted by Gasteiger charge is -2.08. The van der Waals surface area contributed by atoms with E-state index in [-0.39, 0.29) is 28.4 Å². The molecule has 7 nitrogen and oxygen atoms in total. The molecule has 2 aromatic carbocycles. The summed E-state index contributed by atoms with van der Waals surface area (Å²) in [6.45, 7) is 1.98. The average Bonchev–Trinajstić information content (AvgIpc) is 3.07. The highest BCUT2D eigenvalue weighted by molar-refractivity contribution is 7.15. The number of benzene rings is 2. The molecule has 0 bridgehead atoms. The Kier molecular flexibility index (Phi) is 5.71. The van der Waals surface area contributed by atoms with Gasteiger partial charge in [-0.15, -0.1) is 0 Å². The van der Waals surface area contributed by atoms with E-state index in [9.17, 15) is 20.2 Å². The number of aryl methyl sites for hydroxylation is 1. The van der Waals surface area contributed by atoms with Gasteiger partial charge in [-0.05, 0) is 11.1 Å². The third-order valence-electron chi connectivity index (χ3n) is 4.52. The Morgan fingerprint density at radius 3 is 1.97 bits per heavy atom. The molecule has 4 rings (SSSR count). The molecule has 0 unspecified atom stereocenters. The summed E-state index contributed by atoms with van der Waals surface area (Å²) in [6.07, 6.45) is 1.92. The van der Waals surface area contributed by atoms with Crippen LogP contribution >= 0.6 is 11.3 Å². The molecule has 0 fully saturated rings. The fourth-order valence-corrected chi connectivity index (χ4v) is 4.05. The summed E-state index contributed by atoms with van der Waals surface area (Å²) in [5.41, 5.74) is 3.94. The Balaban J connectivity index is 0.00000240. The molecule has 29 heavy (non-hydrogen) atoms. The first-order valence-corrected chi connectivity index (χ1v) is 9.25. The topological polar surface area (TPSA) is 90.4 Å². The van der Waals surface area contributed by atoms with E-state index in [0.29, 0.717) is 11.1 Å². The van der Waals surface area contributed by atoms with Gasteiger partial charge in [0.2, 0.25) is 0 Å². The lowest BCUT2D eigenvalue weighted by atomic mass is 9.96. The highest BCUT2D eigenvalue weighted by Crippen LogP contribution is 2.35. The fourth-order valence-electron chi connectivity index (χ4n) is 3.14. The molecule has 0 aliphatic carbocycles. The number of aromatic nitrogens is 1. The van der Waals surface area contributed by atoms with Gasteiger partial charge in [0.25, 0.3) is 16.2 Å². The van der Waals surface area contributed by atoms with Gasteiger partial charge in [0, 0.05) is 42.8 Å². The zero-order valence-electron chi connectivity index (χ0n) is 15.1. The van der Waals surface area contributed by atoms with Gasteiger partial charge in [0.15, 0.2) is 11.9 Å². The normalized spacial score (nSPS) is 10.5. The Bertz CT molecular complexity index is 1260. The van der Waals surface area contributed by atoms with Crippen molar-refractivity contribution in [1.82, 2.24) is 0 Å². The first kappa shape index (κ1) is 20.6. The minimum Gasteiger partial charge on any atom is -1.00 e. The van der Waals surface area contributed by atoms with Gasteiger partial charge in [0.1, 0.15) is 0 Å². The summed E-state index contributed by atoms with van der Waals surface area (Å²) in [6, 6.07) is 14.8. The monoisotopic (exact) mass is 471 g/mol. The van der Waals surface area contributed by atoms with Crippen LogP contribution in [0.5, 0.6) is 0 Å². The maximum absolute atomic E-state index is 11.2. The van der Waals surface area contributed by atoms with Crippen LogP contribution < -0.4 is 21.4 Å². The molecular weight excluding hydrogens is 458 g/mol.